The average Bonchev–Trinajstić information content (AvgIpc) is 2.49. The molecule has 62 valence electrons. The number of ether oxygens (including phenoxy) is 1. The van der Waals surface area contributed by atoms with Crippen molar-refractivity contribution in [1.82, 2.24) is 0 Å². The number of rotatable bonds is 0. The predicted molar refractivity (Wildman–Crippen MR) is 45.5 cm³/mol. The highest BCUT2D eigenvalue weighted by molar-refractivity contribution is 5.36. The van der Waals surface area contributed by atoms with Crippen LogP contribution in [0, 0.1) is 23.2 Å². The van der Waals surface area contributed by atoms with Gasteiger partial charge in [0.2, 0.25) is 0 Å². The second-order valence-electron chi connectivity index (χ2n) is 4.81. The molecule has 0 aromatic heterocycles. The summed E-state index contributed by atoms with van der Waals surface area (Å²) in [6.45, 7) is 2.35. The summed E-state index contributed by atoms with van der Waals surface area (Å²) in [6, 6.07) is 0. The van der Waals surface area contributed by atoms with E-state index in [0.717, 1.165) is 17.8 Å². The molecule has 4 aliphatic rings. The molecular weight excluding hydrogens is 148 g/mol. The van der Waals surface area contributed by atoms with Gasteiger partial charge in [-0.3, -0.25) is 0 Å². The molecule has 2 bridgehead atoms. The molecule has 1 nitrogen and oxygen atoms in total. The minimum atomic E-state index is 0.346. The van der Waals surface area contributed by atoms with E-state index in [0.29, 0.717) is 17.6 Å². The highest BCUT2D eigenvalue weighted by Crippen LogP contribution is 2.70. The summed E-state index contributed by atoms with van der Waals surface area (Å²) in [6.07, 6.45) is 10.2. The Morgan fingerprint density at radius 1 is 1.25 bits per heavy atom. The molecule has 1 heteroatoms. The predicted octanol–water partition coefficient (Wildman–Crippen LogP) is 1.76. The van der Waals surface area contributed by atoms with E-state index in [1.807, 2.05) is 0 Å². The van der Waals surface area contributed by atoms with Crippen molar-refractivity contribution in [3.05, 3.63) is 24.3 Å². The number of hydrogen-bond donors (Lipinski definition) is 0. The van der Waals surface area contributed by atoms with Gasteiger partial charge in [-0.05, 0) is 17.8 Å². The van der Waals surface area contributed by atoms with Crippen LogP contribution in [0.5, 0.6) is 0 Å². The first-order valence-corrected chi connectivity index (χ1v) is 4.84. The lowest BCUT2D eigenvalue weighted by Crippen LogP contribution is -2.38. The largest absolute Gasteiger partial charge is 0.366 e. The molecule has 0 radical (unpaired) electrons. The van der Waals surface area contributed by atoms with Gasteiger partial charge >= 0.3 is 0 Å². The van der Waals surface area contributed by atoms with Gasteiger partial charge in [0.15, 0.2) is 0 Å². The first-order valence-electron chi connectivity index (χ1n) is 4.84. The Morgan fingerprint density at radius 2 is 2.17 bits per heavy atom. The van der Waals surface area contributed by atoms with Gasteiger partial charge in [-0.15, -0.1) is 0 Å². The minimum Gasteiger partial charge on any atom is -0.366 e. The first kappa shape index (κ1) is 5.98. The lowest BCUT2D eigenvalue weighted by Gasteiger charge is -2.36. The Morgan fingerprint density at radius 3 is 3.08 bits per heavy atom. The SMILES string of the molecule is CC12C=CC3C([C@@H]31)[C@@H]1C=C[C@H]2O1. The quantitative estimate of drug-likeness (QED) is 0.491. The molecule has 3 unspecified atom stereocenters. The molecular formula is C11H12O. The third-order valence-corrected chi connectivity index (χ3v) is 4.30. The van der Waals surface area contributed by atoms with Crippen LogP contribution in [0.2, 0.25) is 0 Å². The summed E-state index contributed by atoms with van der Waals surface area (Å²) in [7, 11) is 0. The lowest BCUT2D eigenvalue weighted by atomic mass is 9.79. The van der Waals surface area contributed by atoms with Crippen molar-refractivity contribution in [1.29, 1.82) is 0 Å². The zero-order valence-electron chi connectivity index (χ0n) is 7.10. The summed E-state index contributed by atoms with van der Waals surface area (Å²) in [5.41, 5.74) is 0.346. The van der Waals surface area contributed by atoms with E-state index in [2.05, 4.69) is 31.2 Å². The molecule has 0 amide bonds. The molecule has 0 aromatic rings. The van der Waals surface area contributed by atoms with Crippen LogP contribution in [0.1, 0.15) is 6.92 Å². The Hall–Kier alpha value is -0.560. The van der Waals surface area contributed by atoms with Crippen LogP contribution in [0.25, 0.3) is 0 Å². The lowest BCUT2D eigenvalue weighted by molar-refractivity contribution is -0.0503. The molecule has 6 atom stereocenters. The Kier molecular flexibility index (Phi) is 0.716. The van der Waals surface area contributed by atoms with Crippen LogP contribution in [-0.4, -0.2) is 12.2 Å². The molecule has 1 saturated carbocycles. The third kappa shape index (κ3) is 0.411. The summed E-state index contributed by atoms with van der Waals surface area (Å²) in [5, 5.41) is 0. The van der Waals surface area contributed by atoms with Gasteiger partial charge in [-0.1, -0.05) is 31.2 Å². The minimum absolute atomic E-state index is 0.346. The Labute approximate surface area is 72.1 Å². The third-order valence-electron chi connectivity index (χ3n) is 4.30. The highest BCUT2D eigenvalue weighted by atomic mass is 16.5. The highest BCUT2D eigenvalue weighted by Gasteiger charge is 2.69. The summed E-state index contributed by atoms with van der Waals surface area (Å²) >= 11 is 0. The Bertz CT molecular complexity index is 317. The van der Waals surface area contributed by atoms with Crippen molar-refractivity contribution in [2.45, 2.75) is 19.1 Å². The van der Waals surface area contributed by atoms with Crippen LogP contribution in [-0.2, 0) is 4.74 Å². The maximum absolute atomic E-state index is 5.93. The topological polar surface area (TPSA) is 9.23 Å². The van der Waals surface area contributed by atoms with Crippen molar-refractivity contribution < 1.29 is 4.74 Å². The zero-order chi connectivity index (χ0) is 7.92. The van der Waals surface area contributed by atoms with E-state index in [9.17, 15) is 0 Å². The van der Waals surface area contributed by atoms with Crippen LogP contribution in [0.3, 0.4) is 0 Å². The zero-order valence-corrected chi connectivity index (χ0v) is 7.10. The van der Waals surface area contributed by atoms with Crippen LogP contribution >= 0.6 is 0 Å². The summed E-state index contributed by atoms with van der Waals surface area (Å²) < 4.78 is 5.93. The molecule has 1 saturated heterocycles. The van der Waals surface area contributed by atoms with Crippen molar-refractivity contribution in [2.75, 3.05) is 0 Å². The summed E-state index contributed by atoms with van der Waals surface area (Å²) in [4.78, 5) is 0. The van der Waals surface area contributed by atoms with Crippen LogP contribution in [0.4, 0.5) is 0 Å². The fraction of sp³-hybridized carbons (Fsp3) is 0.636. The molecule has 4 rings (SSSR count). The van der Waals surface area contributed by atoms with E-state index in [-0.39, 0.29) is 0 Å². The number of fused-ring (bicyclic) bond motifs is 5. The molecule has 2 heterocycles. The van der Waals surface area contributed by atoms with E-state index in [1.54, 1.807) is 0 Å². The normalized spacial score (nSPS) is 68.6. The van der Waals surface area contributed by atoms with Gasteiger partial charge < -0.3 is 4.74 Å². The summed E-state index contributed by atoms with van der Waals surface area (Å²) in [5.74, 6) is 2.60. The molecule has 0 spiro atoms. The monoisotopic (exact) mass is 160 g/mol. The molecule has 0 aromatic carbocycles. The van der Waals surface area contributed by atoms with Gasteiger partial charge in [0.25, 0.3) is 0 Å². The van der Waals surface area contributed by atoms with Crippen molar-refractivity contribution >= 4 is 0 Å². The fourth-order valence-electron chi connectivity index (χ4n) is 3.62. The van der Waals surface area contributed by atoms with E-state index < -0.39 is 0 Å². The average molecular weight is 160 g/mol. The second kappa shape index (κ2) is 1.44. The van der Waals surface area contributed by atoms with Crippen molar-refractivity contribution in [3.8, 4) is 0 Å². The molecule has 2 aliphatic carbocycles. The van der Waals surface area contributed by atoms with E-state index >= 15 is 0 Å². The van der Waals surface area contributed by atoms with E-state index in [1.165, 1.54) is 0 Å². The number of hydrogen-bond acceptors (Lipinski definition) is 1. The smallest absolute Gasteiger partial charge is 0.0855 e. The van der Waals surface area contributed by atoms with Gasteiger partial charge in [0, 0.05) is 5.41 Å². The van der Waals surface area contributed by atoms with Crippen LogP contribution in [0.15, 0.2) is 24.3 Å². The van der Waals surface area contributed by atoms with Crippen LogP contribution < -0.4 is 0 Å². The van der Waals surface area contributed by atoms with Crippen molar-refractivity contribution in [3.63, 3.8) is 0 Å². The van der Waals surface area contributed by atoms with Gasteiger partial charge in [0.1, 0.15) is 0 Å². The first-order chi connectivity index (χ1) is 5.81. The van der Waals surface area contributed by atoms with Gasteiger partial charge in [-0.2, -0.15) is 0 Å². The molecule has 0 N–H and O–H groups in total. The maximum atomic E-state index is 5.93. The fourth-order valence-corrected chi connectivity index (χ4v) is 3.62. The molecule has 12 heavy (non-hydrogen) atoms. The van der Waals surface area contributed by atoms with Gasteiger partial charge in [-0.25, -0.2) is 0 Å². The molecule has 2 aliphatic heterocycles. The van der Waals surface area contributed by atoms with Gasteiger partial charge in [0.05, 0.1) is 12.2 Å². The Balaban J connectivity index is 1.95. The standard InChI is InChI=1S/C11H12O/c1-11-5-4-6-9(10(6)11)7-2-3-8(11)12-7/h2-10H,1H3/t6?,7-,8+,9?,10+,11?/m0/s1. The maximum Gasteiger partial charge on any atom is 0.0855 e. The van der Waals surface area contributed by atoms with Crippen molar-refractivity contribution in [2.24, 2.45) is 23.2 Å². The van der Waals surface area contributed by atoms with E-state index in [4.69, 9.17) is 4.74 Å². The number of allylic oxidation sites excluding steroid dienone is 1. The second-order valence-corrected chi connectivity index (χ2v) is 4.81. The molecule has 2 fully saturated rings.